The van der Waals surface area contributed by atoms with Crippen molar-refractivity contribution in [2.24, 2.45) is 4.99 Å². The normalized spacial score (nSPS) is 16.2. The Morgan fingerprint density at radius 3 is 2.61 bits per heavy atom. The van der Waals surface area contributed by atoms with Crippen molar-refractivity contribution in [2.45, 2.75) is 52.6 Å². The van der Waals surface area contributed by atoms with E-state index in [1.807, 2.05) is 26.2 Å². The smallest absolute Gasteiger partial charge is 0.251 e. The van der Waals surface area contributed by atoms with Gasteiger partial charge in [0.25, 0.3) is 5.91 Å². The molecule has 1 amide bonds. The third kappa shape index (κ3) is 4.51. The molecule has 1 aromatic heterocycles. The quantitative estimate of drug-likeness (QED) is 0.458. The Bertz CT molecular complexity index is 650. The Morgan fingerprint density at radius 2 is 2.13 bits per heavy atom. The van der Waals surface area contributed by atoms with Crippen molar-refractivity contribution >= 4 is 24.0 Å². The van der Waals surface area contributed by atoms with Gasteiger partial charge in [-0.2, -0.15) is 0 Å². The van der Waals surface area contributed by atoms with Gasteiger partial charge in [-0.05, 0) is 47.3 Å². The molecule has 2 rings (SSSR count). The van der Waals surface area contributed by atoms with Crippen molar-refractivity contribution in [3.63, 3.8) is 0 Å². The molecule has 23 heavy (non-hydrogen) atoms. The van der Waals surface area contributed by atoms with Crippen molar-refractivity contribution in [2.75, 3.05) is 0 Å². The summed E-state index contributed by atoms with van der Waals surface area (Å²) in [4.78, 5) is 20.9. The molecule has 1 aromatic rings. The predicted octanol–water partition coefficient (Wildman–Crippen LogP) is 3.17. The first-order valence-electron chi connectivity index (χ1n) is 7.66. The SMILES string of the molecule is C=N/C(NC1(C)CC1)=C(\C)C(C(=O)NCc1nccs1)=C(C)C. The summed E-state index contributed by atoms with van der Waals surface area (Å²) in [6.45, 7) is 12.0. The number of aromatic nitrogens is 1. The van der Waals surface area contributed by atoms with Crippen LogP contribution in [0.4, 0.5) is 0 Å². The molecule has 0 radical (unpaired) electrons. The van der Waals surface area contributed by atoms with Gasteiger partial charge < -0.3 is 10.6 Å². The number of nitrogens with zero attached hydrogens (tertiary/aromatic N) is 2. The molecule has 0 spiro atoms. The van der Waals surface area contributed by atoms with Gasteiger partial charge in [-0.1, -0.05) is 5.57 Å². The van der Waals surface area contributed by atoms with Crippen LogP contribution in [0.3, 0.4) is 0 Å². The summed E-state index contributed by atoms with van der Waals surface area (Å²) in [5.41, 5.74) is 2.51. The van der Waals surface area contributed by atoms with Crippen molar-refractivity contribution < 1.29 is 4.79 Å². The third-order valence-corrected chi connectivity index (χ3v) is 4.70. The van der Waals surface area contributed by atoms with E-state index in [0.717, 1.165) is 29.0 Å². The molecule has 0 bridgehead atoms. The van der Waals surface area contributed by atoms with E-state index in [0.29, 0.717) is 17.9 Å². The molecule has 1 aliphatic carbocycles. The molecule has 1 aliphatic rings. The van der Waals surface area contributed by atoms with E-state index in [1.165, 1.54) is 11.3 Å². The number of hydrogen-bond donors (Lipinski definition) is 2. The van der Waals surface area contributed by atoms with E-state index in [2.05, 4.69) is 34.3 Å². The maximum Gasteiger partial charge on any atom is 0.251 e. The van der Waals surface area contributed by atoms with Gasteiger partial charge in [-0.25, -0.2) is 9.98 Å². The van der Waals surface area contributed by atoms with E-state index < -0.39 is 0 Å². The van der Waals surface area contributed by atoms with Crippen LogP contribution in [0.2, 0.25) is 0 Å². The summed E-state index contributed by atoms with van der Waals surface area (Å²) in [5.74, 6) is 0.576. The molecule has 0 aromatic carbocycles. The lowest BCUT2D eigenvalue weighted by atomic mass is 10.0. The van der Waals surface area contributed by atoms with E-state index in [-0.39, 0.29) is 11.4 Å². The van der Waals surface area contributed by atoms with Gasteiger partial charge in [0.05, 0.1) is 6.54 Å². The van der Waals surface area contributed by atoms with E-state index >= 15 is 0 Å². The lowest BCUT2D eigenvalue weighted by molar-refractivity contribution is -0.117. The molecular formula is C17H24N4OS. The minimum atomic E-state index is -0.110. The number of rotatable bonds is 7. The van der Waals surface area contributed by atoms with Crippen LogP contribution in [0.25, 0.3) is 0 Å². The average Bonchev–Trinajstić information content (AvgIpc) is 3.01. The molecule has 1 heterocycles. The zero-order valence-corrected chi connectivity index (χ0v) is 15.0. The lowest BCUT2D eigenvalue weighted by Crippen LogP contribution is -2.30. The fourth-order valence-corrected chi connectivity index (χ4v) is 2.88. The molecule has 0 aliphatic heterocycles. The topological polar surface area (TPSA) is 66.4 Å². The molecule has 0 unspecified atom stereocenters. The maximum atomic E-state index is 12.6. The Labute approximate surface area is 141 Å². The second-order valence-electron chi connectivity index (χ2n) is 6.30. The Morgan fingerprint density at radius 1 is 1.43 bits per heavy atom. The fraction of sp³-hybridized carbons (Fsp3) is 0.471. The molecule has 5 nitrogen and oxygen atoms in total. The maximum absolute atomic E-state index is 12.6. The molecule has 1 saturated carbocycles. The molecule has 6 heteroatoms. The zero-order chi connectivity index (χ0) is 17.0. The highest BCUT2D eigenvalue weighted by molar-refractivity contribution is 7.09. The van der Waals surface area contributed by atoms with Gasteiger partial charge in [0.2, 0.25) is 0 Å². The van der Waals surface area contributed by atoms with Gasteiger partial charge >= 0.3 is 0 Å². The first kappa shape index (κ1) is 17.4. The minimum absolute atomic E-state index is 0.0852. The number of allylic oxidation sites excluding steroid dienone is 1. The average molecular weight is 332 g/mol. The third-order valence-electron chi connectivity index (χ3n) is 3.92. The van der Waals surface area contributed by atoms with Gasteiger partial charge in [-0.15, -0.1) is 11.3 Å². The molecule has 1 fully saturated rings. The summed E-state index contributed by atoms with van der Waals surface area (Å²) in [5, 5.41) is 9.12. The second kappa shape index (κ2) is 7.08. The lowest BCUT2D eigenvalue weighted by Gasteiger charge is -2.18. The Balaban J connectivity index is 2.17. The van der Waals surface area contributed by atoms with Crippen molar-refractivity contribution in [3.05, 3.63) is 39.1 Å². The number of carbonyl (C=O) groups is 1. The molecular weight excluding hydrogens is 308 g/mol. The van der Waals surface area contributed by atoms with E-state index in [4.69, 9.17) is 0 Å². The highest BCUT2D eigenvalue weighted by atomic mass is 32.1. The fourth-order valence-electron chi connectivity index (χ4n) is 2.33. The first-order valence-corrected chi connectivity index (χ1v) is 8.54. The summed E-state index contributed by atoms with van der Waals surface area (Å²) >= 11 is 1.53. The van der Waals surface area contributed by atoms with Crippen LogP contribution in [0.5, 0.6) is 0 Å². The van der Waals surface area contributed by atoms with Gasteiger partial charge in [-0.3, -0.25) is 4.79 Å². The molecule has 0 atom stereocenters. The Hall–Kier alpha value is -1.95. The van der Waals surface area contributed by atoms with Gasteiger partial charge in [0.1, 0.15) is 10.8 Å². The largest absolute Gasteiger partial charge is 0.365 e. The number of hydrogen-bond acceptors (Lipinski definition) is 5. The molecule has 0 saturated heterocycles. The highest BCUT2D eigenvalue weighted by Gasteiger charge is 2.38. The van der Waals surface area contributed by atoms with Crippen LogP contribution < -0.4 is 10.6 Å². The second-order valence-corrected chi connectivity index (χ2v) is 7.28. The van der Waals surface area contributed by atoms with Crippen molar-refractivity contribution in [1.29, 1.82) is 0 Å². The van der Waals surface area contributed by atoms with E-state index in [1.54, 1.807) is 6.20 Å². The van der Waals surface area contributed by atoms with Crippen LogP contribution >= 0.6 is 11.3 Å². The monoisotopic (exact) mass is 332 g/mol. The van der Waals surface area contributed by atoms with E-state index in [9.17, 15) is 4.79 Å². The predicted molar refractivity (Wildman–Crippen MR) is 95.4 cm³/mol. The number of nitrogens with one attached hydrogen (secondary N) is 2. The standard InChI is InChI=1S/C17H24N4OS/c1-11(2)14(16(22)20-10-13-19-8-9-23-13)12(3)15(18-5)21-17(4)6-7-17/h8-9,21H,5-7,10H2,1-4H3,(H,20,22)/b15-12-. The highest BCUT2D eigenvalue weighted by Crippen LogP contribution is 2.36. The van der Waals surface area contributed by atoms with Gasteiger partial charge in [0, 0.05) is 28.3 Å². The van der Waals surface area contributed by atoms with Crippen LogP contribution in [-0.2, 0) is 11.3 Å². The number of amides is 1. The van der Waals surface area contributed by atoms with Crippen LogP contribution in [0, 0.1) is 0 Å². The number of aliphatic imine (C=N–C) groups is 1. The number of thiazole rings is 1. The van der Waals surface area contributed by atoms with Crippen molar-refractivity contribution in [1.82, 2.24) is 15.6 Å². The van der Waals surface area contributed by atoms with Crippen LogP contribution in [0.1, 0.15) is 45.5 Å². The summed E-state index contributed by atoms with van der Waals surface area (Å²) in [6, 6.07) is 0. The van der Waals surface area contributed by atoms with Crippen LogP contribution in [0.15, 0.2) is 39.1 Å². The van der Waals surface area contributed by atoms with Gasteiger partial charge in [0.15, 0.2) is 0 Å². The van der Waals surface area contributed by atoms with Crippen LogP contribution in [-0.4, -0.2) is 23.1 Å². The molecule has 124 valence electrons. The summed E-state index contributed by atoms with van der Waals surface area (Å²) in [7, 11) is 0. The minimum Gasteiger partial charge on any atom is -0.365 e. The Kier molecular flexibility index (Phi) is 5.36. The molecule has 2 N–H and O–H groups in total. The summed E-state index contributed by atoms with van der Waals surface area (Å²) < 4.78 is 0. The van der Waals surface area contributed by atoms with Crippen molar-refractivity contribution in [3.8, 4) is 0 Å². The first-order chi connectivity index (χ1) is 10.9. The zero-order valence-electron chi connectivity index (χ0n) is 14.2. The summed E-state index contributed by atoms with van der Waals surface area (Å²) in [6.07, 6.45) is 3.96. The number of carbonyl (C=O) groups excluding carboxylic acids is 1.